The van der Waals surface area contributed by atoms with Crippen molar-refractivity contribution in [3.05, 3.63) is 29.1 Å². The van der Waals surface area contributed by atoms with Crippen LogP contribution in [0.3, 0.4) is 0 Å². The standard InChI is InChI=1S/C9H9ClN2O2/c1-11-7-4-8(10)12-5-6(7)2-3-9(13)14/h2-5H,1H3,(H,11,12)(H,13,14)/b3-2+. The first kappa shape index (κ1) is 10.5. The molecule has 0 unspecified atom stereocenters. The van der Waals surface area contributed by atoms with Crippen LogP contribution in [-0.2, 0) is 4.79 Å². The van der Waals surface area contributed by atoms with Crippen molar-refractivity contribution >= 4 is 29.3 Å². The highest BCUT2D eigenvalue weighted by molar-refractivity contribution is 6.29. The van der Waals surface area contributed by atoms with Crippen LogP contribution in [0.1, 0.15) is 5.56 Å². The van der Waals surface area contributed by atoms with E-state index in [1.54, 1.807) is 13.1 Å². The molecule has 2 N–H and O–H groups in total. The zero-order valence-electron chi connectivity index (χ0n) is 7.49. The predicted octanol–water partition coefficient (Wildman–Crippen LogP) is 1.87. The Morgan fingerprint density at radius 3 is 3.00 bits per heavy atom. The van der Waals surface area contributed by atoms with Crippen molar-refractivity contribution in [2.45, 2.75) is 0 Å². The third-order valence-corrected chi connectivity index (χ3v) is 1.78. The number of rotatable bonds is 3. The Morgan fingerprint density at radius 2 is 2.43 bits per heavy atom. The molecule has 74 valence electrons. The highest BCUT2D eigenvalue weighted by Crippen LogP contribution is 2.19. The smallest absolute Gasteiger partial charge is 0.328 e. The maximum absolute atomic E-state index is 10.3. The summed E-state index contributed by atoms with van der Waals surface area (Å²) in [5.74, 6) is -0.998. The summed E-state index contributed by atoms with van der Waals surface area (Å²) in [6.07, 6.45) is 4.01. The number of aromatic nitrogens is 1. The number of carboxylic acids is 1. The van der Waals surface area contributed by atoms with E-state index in [1.165, 1.54) is 12.3 Å². The second-order valence-electron chi connectivity index (χ2n) is 2.52. The van der Waals surface area contributed by atoms with Crippen LogP contribution in [0.2, 0.25) is 5.15 Å². The first-order valence-corrected chi connectivity index (χ1v) is 4.25. The number of nitrogens with one attached hydrogen (secondary N) is 1. The van der Waals surface area contributed by atoms with E-state index >= 15 is 0 Å². The lowest BCUT2D eigenvalue weighted by Gasteiger charge is -2.04. The van der Waals surface area contributed by atoms with Crippen LogP contribution in [0.5, 0.6) is 0 Å². The average Bonchev–Trinajstić information content (AvgIpc) is 2.15. The van der Waals surface area contributed by atoms with Gasteiger partial charge in [-0.05, 0) is 12.1 Å². The van der Waals surface area contributed by atoms with Gasteiger partial charge in [-0.2, -0.15) is 0 Å². The minimum absolute atomic E-state index is 0.363. The van der Waals surface area contributed by atoms with Gasteiger partial charge in [-0.3, -0.25) is 0 Å². The van der Waals surface area contributed by atoms with Crippen LogP contribution in [0.15, 0.2) is 18.3 Å². The van der Waals surface area contributed by atoms with Gasteiger partial charge in [0.1, 0.15) is 5.15 Å². The van der Waals surface area contributed by atoms with E-state index in [1.807, 2.05) is 0 Å². The molecule has 0 amide bonds. The molecule has 0 atom stereocenters. The molecule has 4 nitrogen and oxygen atoms in total. The zero-order chi connectivity index (χ0) is 10.6. The van der Waals surface area contributed by atoms with Crippen molar-refractivity contribution in [1.82, 2.24) is 4.98 Å². The highest BCUT2D eigenvalue weighted by Gasteiger charge is 1.99. The van der Waals surface area contributed by atoms with Crippen LogP contribution < -0.4 is 5.32 Å². The predicted molar refractivity (Wildman–Crippen MR) is 55.5 cm³/mol. The topological polar surface area (TPSA) is 62.2 Å². The Kier molecular flexibility index (Phi) is 3.48. The zero-order valence-corrected chi connectivity index (χ0v) is 8.25. The molecule has 1 aromatic heterocycles. The molecule has 0 spiro atoms. The van der Waals surface area contributed by atoms with E-state index in [0.29, 0.717) is 10.7 Å². The van der Waals surface area contributed by atoms with Crippen LogP contribution in [0.25, 0.3) is 6.08 Å². The molecule has 0 bridgehead atoms. The molecule has 1 aromatic rings. The number of hydrogen-bond donors (Lipinski definition) is 2. The van der Waals surface area contributed by atoms with Crippen LogP contribution >= 0.6 is 11.6 Å². The van der Waals surface area contributed by atoms with Crippen LogP contribution in [-0.4, -0.2) is 23.1 Å². The fourth-order valence-corrected chi connectivity index (χ4v) is 1.11. The molecule has 0 radical (unpaired) electrons. The number of carbonyl (C=O) groups is 1. The third-order valence-electron chi connectivity index (χ3n) is 1.58. The minimum Gasteiger partial charge on any atom is -0.478 e. The second kappa shape index (κ2) is 4.62. The summed E-state index contributed by atoms with van der Waals surface area (Å²) in [7, 11) is 1.73. The van der Waals surface area contributed by atoms with Gasteiger partial charge in [0.2, 0.25) is 0 Å². The molecule has 0 aliphatic carbocycles. The lowest BCUT2D eigenvalue weighted by Crippen LogP contribution is -1.93. The molecule has 14 heavy (non-hydrogen) atoms. The van der Waals surface area contributed by atoms with Crippen molar-refractivity contribution < 1.29 is 9.90 Å². The fourth-order valence-electron chi connectivity index (χ4n) is 0.951. The Balaban J connectivity index is 3.02. The number of hydrogen-bond acceptors (Lipinski definition) is 3. The molecular formula is C9H9ClN2O2. The van der Waals surface area contributed by atoms with E-state index in [0.717, 1.165) is 11.8 Å². The van der Waals surface area contributed by atoms with Gasteiger partial charge in [0.25, 0.3) is 0 Å². The monoisotopic (exact) mass is 212 g/mol. The Bertz CT molecular complexity index is 377. The summed E-state index contributed by atoms with van der Waals surface area (Å²) in [4.78, 5) is 14.1. The van der Waals surface area contributed by atoms with E-state index in [2.05, 4.69) is 10.3 Å². The summed E-state index contributed by atoms with van der Waals surface area (Å²) < 4.78 is 0. The number of carboxylic acid groups (broad SMARTS) is 1. The molecule has 0 saturated heterocycles. The fraction of sp³-hybridized carbons (Fsp3) is 0.111. The molecule has 0 aliphatic rings. The average molecular weight is 213 g/mol. The number of halogens is 1. The first-order chi connectivity index (χ1) is 6.63. The lowest BCUT2D eigenvalue weighted by atomic mass is 10.2. The summed E-state index contributed by atoms with van der Waals surface area (Å²) >= 11 is 5.67. The van der Waals surface area contributed by atoms with Crippen molar-refractivity contribution in [2.75, 3.05) is 12.4 Å². The quantitative estimate of drug-likeness (QED) is 0.593. The van der Waals surface area contributed by atoms with Gasteiger partial charge >= 0.3 is 5.97 Å². The van der Waals surface area contributed by atoms with Crippen molar-refractivity contribution in [1.29, 1.82) is 0 Å². The van der Waals surface area contributed by atoms with Crippen molar-refractivity contribution in [3.63, 3.8) is 0 Å². The van der Waals surface area contributed by atoms with Crippen LogP contribution in [0.4, 0.5) is 5.69 Å². The van der Waals surface area contributed by atoms with Gasteiger partial charge in [-0.1, -0.05) is 11.6 Å². The van der Waals surface area contributed by atoms with Gasteiger partial charge < -0.3 is 10.4 Å². The molecule has 0 fully saturated rings. The maximum atomic E-state index is 10.3. The number of pyridine rings is 1. The third kappa shape index (κ3) is 2.74. The SMILES string of the molecule is CNc1cc(Cl)ncc1/C=C/C(=O)O. The minimum atomic E-state index is -0.998. The molecule has 1 heterocycles. The van der Waals surface area contributed by atoms with E-state index in [4.69, 9.17) is 16.7 Å². The Morgan fingerprint density at radius 1 is 1.71 bits per heavy atom. The van der Waals surface area contributed by atoms with E-state index in [-0.39, 0.29) is 0 Å². The van der Waals surface area contributed by atoms with Crippen molar-refractivity contribution in [2.24, 2.45) is 0 Å². The van der Waals surface area contributed by atoms with Gasteiger partial charge in [0.05, 0.1) is 0 Å². The Hall–Kier alpha value is -1.55. The first-order valence-electron chi connectivity index (χ1n) is 3.88. The Labute approximate surface area is 86.2 Å². The summed E-state index contributed by atoms with van der Waals surface area (Å²) in [5, 5.41) is 11.7. The van der Waals surface area contributed by atoms with E-state index in [9.17, 15) is 4.79 Å². The van der Waals surface area contributed by atoms with E-state index < -0.39 is 5.97 Å². The number of aliphatic carboxylic acids is 1. The lowest BCUT2D eigenvalue weighted by molar-refractivity contribution is -0.131. The second-order valence-corrected chi connectivity index (χ2v) is 2.90. The maximum Gasteiger partial charge on any atom is 0.328 e. The number of anilines is 1. The molecular weight excluding hydrogens is 204 g/mol. The largest absolute Gasteiger partial charge is 0.478 e. The molecule has 5 heteroatoms. The van der Waals surface area contributed by atoms with Crippen LogP contribution in [0, 0.1) is 0 Å². The van der Waals surface area contributed by atoms with Gasteiger partial charge in [-0.25, -0.2) is 9.78 Å². The molecule has 0 aliphatic heterocycles. The molecule has 0 aromatic carbocycles. The van der Waals surface area contributed by atoms with Crippen molar-refractivity contribution in [3.8, 4) is 0 Å². The van der Waals surface area contributed by atoms with Gasteiger partial charge in [0, 0.05) is 30.6 Å². The summed E-state index contributed by atoms with van der Waals surface area (Å²) in [6, 6.07) is 1.63. The van der Waals surface area contributed by atoms with Gasteiger partial charge in [0.15, 0.2) is 0 Å². The molecule has 0 saturated carbocycles. The summed E-state index contributed by atoms with van der Waals surface area (Å²) in [6.45, 7) is 0. The number of nitrogens with zero attached hydrogens (tertiary/aromatic N) is 1. The normalized spacial score (nSPS) is 10.4. The molecule has 1 rings (SSSR count). The highest BCUT2D eigenvalue weighted by atomic mass is 35.5. The summed E-state index contributed by atoms with van der Waals surface area (Å²) in [5.41, 5.74) is 1.42. The van der Waals surface area contributed by atoms with Gasteiger partial charge in [-0.15, -0.1) is 0 Å².